The molecule has 0 radical (unpaired) electrons. The molecule has 7 heteroatoms. The van der Waals surface area contributed by atoms with E-state index < -0.39 is 6.10 Å². The lowest BCUT2D eigenvalue weighted by Crippen LogP contribution is -2.25. The number of hydrogen-bond acceptors (Lipinski definition) is 6. The van der Waals surface area contributed by atoms with Crippen LogP contribution in [0.15, 0.2) is 71.5 Å². The Hall–Kier alpha value is -3.39. The van der Waals surface area contributed by atoms with Crippen LogP contribution in [0.1, 0.15) is 22.9 Å². The van der Waals surface area contributed by atoms with Gasteiger partial charge in [0.1, 0.15) is 15.4 Å². The number of nitrogens with zero attached hydrogens (tertiary/aromatic N) is 3. The highest BCUT2D eigenvalue weighted by Crippen LogP contribution is 2.34. The van der Waals surface area contributed by atoms with Crippen molar-refractivity contribution in [2.24, 2.45) is 0 Å². The molecule has 1 atom stereocenters. The Balaban J connectivity index is 1.78. The summed E-state index contributed by atoms with van der Waals surface area (Å²) in [6.07, 6.45) is -0.843. The summed E-state index contributed by atoms with van der Waals surface area (Å²) >= 11 is 1.34. The molecule has 0 aliphatic heterocycles. The fraction of sp³-hybridized carbons (Fsp3) is 0.192. The number of aliphatic hydroxyl groups excluding tert-OH is 1. The number of hydrogen-bond donors (Lipinski definition) is 1. The monoisotopic (exact) mass is 457 g/mol. The molecule has 0 amide bonds. The summed E-state index contributed by atoms with van der Waals surface area (Å²) in [5.41, 5.74) is 3.83. The lowest BCUT2D eigenvalue weighted by molar-refractivity contribution is 0.155. The van der Waals surface area contributed by atoms with E-state index in [0.29, 0.717) is 22.6 Å². The van der Waals surface area contributed by atoms with Gasteiger partial charge in [0, 0.05) is 23.8 Å². The van der Waals surface area contributed by atoms with Crippen LogP contribution in [0, 0.1) is 6.92 Å². The van der Waals surface area contributed by atoms with E-state index in [1.54, 1.807) is 11.7 Å². The van der Waals surface area contributed by atoms with Crippen LogP contribution in [0.2, 0.25) is 0 Å². The predicted molar refractivity (Wildman–Crippen MR) is 131 cm³/mol. The highest BCUT2D eigenvalue weighted by Gasteiger charge is 2.22. The molecule has 0 aliphatic carbocycles. The molecule has 166 valence electrons. The first-order chi connectivity index (χ1) is 16.1. The van der Waals surface area contributed by atoms with Gasteiger partial charge in [-0.3, -0.25) is 9.36 Å². The predicted octanol–water partition coefficient (Wildman–Crippen LogP) is 4.86. The summed E-state index contributed by atoms with van der Waals surface area (Å²) in [7, 11) is 1.65. The third-order valence-corrected chi connectivity index (χ3v) is 6.69. The van der Waals surface area contributed by atoms with Gasteiger partial charge in [0.05, 0.1) is 24.8 Å². The van der Waals surface area contributed by atoms with Gasteiger partial charge in [-0.1, -0.05) is 60.7 Å². The maximum atomic E-state index is 13.8. The fourth-order valence-electron chi connectivity index (χ4n) is 4.13. The number of aryl methyl sites for hydroxylation is 1. The number of methoxy groups -OCH3 is 1. The van der Waals surface area contributed by atoms with Gasteiger partial charge < -0.3 is 9.84 Å². The zero-order valence-electron chi connectivity index (χ0n) is 18.4. The second-order valence-corrected chi connectivity index (χ2v) is 8.96. The molecule has 0 aliphatic rings. The van der Waals surface area contributed by atoms with E-state index in [0.717, 1.165) is 32.6 Å². The van der Waals surface area contributed by atoms with Crippen LogP contribution < -0.4 is 5.56 Å². The molecule has 0 spiro atoms. The van der Waals surface area contributed by atoms with Crippen molar-refractivity contribution in [3.05, 3.63) is 93.9 Å². The van der Waals surface area contributed by atoms with Crippen LogP contribution in [-0.2, 0) is 17.9 Å². The molecule has 0 bridgehead atoms. The Morgan fingerprint density at radius 1 is 1.06 bits per heavy atom. The number of thiophene rings is 1. The van der Waals surface area contributed by atoms with Gasteiger partial charge in [-0.25, -0.2) is 9.97 Å². The van der Waals surface area contributed by atoms with Crippen LogP contribution in [0.3, 0.4) is 0 Å². The molecule has 5 rings (SSSR count). The second kappa shape index (κ2) is 8.86. The highest BCUT2D eigenvalue weighted by molar-refractivity contribution is 7.25. The van der Waals surface area contributed by atoms with Gasteiger partial charge in [0.15, 0.2) is 0 Å². The molecular weight excluding hydrogens is 434 g/mol. The van der Waals surface area contributed by atoms with Crippen LogP contribution in [0.4, 0.5) is 0 Å². The van der Waals surface area contributed by atoms with E-state index in [2.05, 4.69) is 4.98 Å². The van der Waals surface area contributed by atoms with E-state index in [4.69, 9.17) is 9.72 Å². The topological polar surface area (TPSA) is 77.2 Å². The third-order valence-electron chi connectivity index (χ3n) is 5.63. The number of ether oxygens (including phenoxy) is 1. The Labute approximate surface area is 194 Å². The number of benzene rings is 2. The molecule has 6 nitrogen and oxygen atoms in total. The average Bonchev–Trinajstić information content (AvgIpc) is 3.20. The minimum atomic E-state index is -0.843. The Kier molecular flexibility index (Phi) is 5.76. The number of rotatable bonds is 6. The summed E-state index contributed by atoms with van der Waals surface area (Å²) in [6, 6.07) is 20.9. The van der Waals surface area contributed by atoms with Crippen molar-refractivity contribution in [3.8, 4) is 11.4 Å². The molecule has 1 N–H and O–H groups in total. The first-order valence-electron chi connectivity index (χ1n) is 10.7. The molecule has 0 saturated heterocycles. The van der Waals surface area contributed by atoms with Crippen LogP contribution in [-0.4, -0.2) is 26.8 Å². The standard InChI is InChI=1S/C26H23N3O3S/c1-16-13-19(15-32-2)21-22-23(33-25(21)27-16)26(31)29(14-20(30)17-9-5-3-6-10-17)24(28-22)18-11-7-4-8-12-18/h3-13,20,30H,14-15H2,1-2H3. The number of fused-ring (bicyclic) bond motifs is 3. The van der Waals surface area contributed by atoms with Crippen molar-refractivity contribution in [1.82, 2.24) is 14.5 Å². The minimum Gasteiger partial charge on any atom is -0.387 e. The number of aromatic nitrogens is 3. The van der Waals surface area contributed by atoms with E-state index in [1.807, 2.05) is 73.7 Å². The lowest BCUT2D eigenvalue weighted by atomic mass is 10.1. The van der Waals surface area contributed by atoms with Crippen molar-refractivity contribution in [3.63, 3.8) is 0 Å². The van der Waals surface area contributed by atoms with Crippen molar-refractivity contribution < 1.29 is 9.84 Å². The molecule has 3 aromatic heterocycles. The van der Waals surface area contributed by atoms with Gasteiger partial charge in [0.25, 0.3) is 5.56 Å². The molecule has 2 aromatic carbocycles. The van der Waals surface area contributed by atoms with Gasteiger partial charge in [-0.2, -0.15) is 0 Å². The van der Waals surface area contributed by atoms with E-state index >= 15 is 0 Å². The summed E-state index contributed by atoms with van der Waals surface area (Å²) in [6.45, 7) is 2.44. The first kappa shape index (κ1) is 21.5. The lowest BCUT2D eigenvalue weighted by Gasteiger charge is -2.17. The molecule has 33 heavy (non-hydrogen) atoms. The Morgan fingerprint density at radius 2 is 1.76 bits per heavy atom. The molecule has 1 unspecified atom stereocenters. The van der Waals surface area contributed by atoms with Crippen molar-refractivity contribution in [2.45, 2.75) is 26.2 Å². The zero-order valence-corrected chi connectivity index (χ0v) is 19.2. The normalized spacial score (nSPS) is 12.5. The van der Waals surface area contributed by atoms with Gasteiger partial charge in [-0.15, -0.1) is 11.3 Å². The van der Waals surface area contributed by atoms with Crippen molar-refractivity contribution >= 4 is 31.8 Å². The molecule has 0 fully saturated rings. The quantitative estimate of drug-likeness (QED) is 0.394. The Bertz CT molecular complexity index is 1490. The second-order valence-electron chi connectivity index (χ2n) is 7.96. The highest BCUT2D eigenvalue weighted by atomic mass is 32.1. The summed E-state index contributed by atoms with van der Waals surface area (Å²) in [5.74, 6) is 0.520. The minimum absolute atomic E-state index is 0.0989. The van der Waals surface area contributed by atoms with Gasteiger partial charge in [0.2, 0.25) is 0 Å². The van der Waals surface area contributed by atoms with Gasteiger partial charge in [-0.05, 0) is 24.1 Å². The van der Waals surface area contributed by atoms with Crippen LogP contribution >= 0.6 is 11.3 Å². The maximum Gasteiger partial charge on any atom is 0.271 e. The van der Waals surface area contributed by atoms with E-state index in [1.165, 1.54) is 11.3 Å². The molecule has 5 aromatic rings. The third kappa shape index (κ3) is 3.95. The largest absolute Gasteiger partial charge is 0.387 e. The number of aliphatic hydroxyl groups is 1. The zero-order chi connectivity index (χ0) is 22.9. The molecule has 0 saturated carbocycles. The van der Waals surface area contributed by atoms with E-state index in [-0.39, 0.29) is 12.1 Å². The van der Waals surface area contributed by atoms with Gasteiger partial charge >= 0.3 is 0 Å². The summed E-state index contributed by atoms with van der Waals surface area (Å²) in [4.78, 5) is 24.2. The van der Waals surface area contributed by atoms with E-state index in [9.17, 15) is 9.90 Å². The molecule has 3 heterocycles. The maximum absolute atomic E-state index is 13.8. The summed E-state index contributed by atoms with van der Waals surface area (Å²) in [5, 5.41) is 11.8. The van der Waals surface area contributed by atoms with Crippen molar-refractivity contribution in [2.75, 3.05) is 7.11 Å². The number of pyridine rings is 1. The first-order valence-corrected chi connectivity index (χ1v) is 11.5. The Morgan fingerprint density at radius 3 is 2.45 bits per heavy atom. The summed E-state index contributed by atoms with van der Waals surface area (Å²) < 4.78 is 7.52. The van der Waals surface area contributed by atoms with Crippen LogP contribution in [0.5, 0.6) is 0 Å². The fourth-order valence-corrected chi connectivity index (χ4v) is 5.29. The smallest absolute Gasteiger partial charge is 0.271 e. The van der Waals surface area contributed by atoms with Crippen molar-refractivity contribution in [1.29, 1.82) is 0 Å². The average molecular weight is 458 g/mol. The SMILES string of the molecule is COCc1cc(C)nc2sc3c(=O)n(CC(O)c4ccccc4)c(-c4ccccc4)nc3c12. The van der Waals surface area contributed by atoms with Crippen LogP contribution in [0.25, 0.3) is 31.8 Å². The molecular formula is C26H23N3O3S.